The Bertz CT molecular complexity index is 696. The summed E-state index contributed by atoms with van der Waals surface area (Å²) in [7, 11) is 0. The van der Waals surface area contributed by atoms with Crippen LogP contribution in [0.1, 0.15) is 22.5 Å². The zero-order valence-electron chi connectivity index (χ0n) is 12.0. The van der Waals surface area contributed by atoms with Crippen LogP contribution in [0.25, 0.3) is 0 Å². The summed E-state index contributed by atoms with van der Waals surface area (Å²) in [5.41, 5.74) is 9.26. The van der Waals surface area contributed by atoms with Crippen molar-refractivity contribution >= 4 is 11.7 Å². The summed E-state index contributed by atoms with van der Waals surface area (Å²) in [6, 6.07) is 8.92. The van der Waals surface area contributed by atoms with Crippen LogP contribution in [0.15, 0.2) is 24.3 Å². The van der Waals surface area contributed by atoms with E-state index in [1.807, 2.05) is 13.0 Å². The molecule has 0 radical (unpaired) electrons. The van der Waals surface area contributed by atoms with Gasteiger partial charge in [0, 0.05) is 0 Å². The van der Waals surface area contributed by atoms with Gasteiger partial charge in [0.15, 0.2) is 0 Å². The summed E-state index contributed by atoms with van der Waals surface area (Å²) < 4.78 is 6.72. The summed E-state index contributed by atoms with van der Waals surface area (Å²) in [6.45, 7) is 3.80. The molecular formula is C15H16N4O2. The number of aromatic nitrogens is 2. The molecule has 21 heavy (non-hydrogen) atoms. The molecule has 0 amide bonds. The molecule has 0 aliphatic carbocycles. The van der Waals surface area contributed by atoms with Crippen LogP contribution in [-0.4, -0.2) is 15.7 Å². The first-order valence-electron chi connectivity index (χ1n) is 6.45. The van der Waals surface area contributed by atoms with Crippen molar-refractivity contribution in [2.24, 2.45) is 0 Å². The quantitative estimate of drug-likeness (QED) is 0.862. The molecule has 1 heterocycles. The minimum Gasteiger partial charge on any atom is -0.459 e. The van der Waals surface area contributed by atoms with E-state index in [2.05, 4.69) is 5.10 Å². The van der Waals surface area contributed by atoms with Crippen LogP contribution in [0.3, 0.4) is 0 Å². The molecule has 1 aromatic carbocycles. The molecule has 2 rings (SSSR count). The minimum atomic E-state index is -0.384. The van der Waals surface area contributed by atoms with Gasteiger partial charge in [-0.25, -0.2) is 0 Å². The number of carbonyl (C=O) groups is 1. The molecule has 0 atom stereocenters. The highest BCUT2D eigenvalue weighted by molar-refractivity contribution is 5.69. The number of nitrogens with zero attached hydrogens (tertiary/aromatic N) is 3. The van der Waals surface area contributed by atoms with Crippen molar-refractivity contribution in [2.45, 2.75) is 27.0 Å². The van der Waals surface area contributed by atoms with Crippen LogP contribution >= 0.6 is 0 Å². The number of anilines is 1. The highest BCUT2D eigenvalue weighted by Gasteiger charge is 2.12. The average molecular weight is 284 g/mol. The summed E-state index contributed by atoms with van der Waals surface area (Å²) >= 11 is 0. The monoisotopic (exact) mass is 284 g/mol. The third kappa shape index (κ3) is 3.39. The normalized spacial score (nSPS) is 10.1. The number of nitrogens with two attached hydrogens (primary N) is 1. The lowest BCUT2D eigenvalue weighted by atomic mass is 10.2. The van der Waals surface area contributed by atoms with Crippen molar-refractivity contribution in [1.82, 2.24) is 9.78 Å². The van der Waals surface area contributed by atoms with Gasteiger partial charge in [-0.3, -0.25) is 9.48 Å². The predicted octanol–water partition coefficient (Wildman–Crippen LogP) is 1.70. The largest absolute Gasteiger partial charge is 0.459 e. The maximum absolute atomic E-state index is 11.8. The number of esters is 1. The lowest BCUT2D eigenvalue weighted by Gasteiger charge is -2.06. The van der Waals surface area contributed by atoms with Crippen LogP contribution < -0.4 is 5.73 Å². The van der Waals surface area contributed by atoms with Crippen LogP contribution in [0.5, 0.6) is 0 Å². The Labute approximate surface area is 122 Å². The lowest BCUT2D eigenvalue weighted by Crippen LogP contribution is -2.15. The van der Waals surface area contributed by atoms with Crippen molar-refractivity contribution in [3.8, 4) is 6.07 Å². The van der Waals surface area contributed by atoms with Crippen molar-refractivity contribution in [2.75, 3.05) is 5.73 Å². The first-order valence-corrected chi connectivity index (χ1v) is 6.45. The van der Waals surface area contributed by atoms with Gasteiger partial charge in [0.2, 0.25) is 0 Å². The zero-order chi connectivity index (χ0) is 15.4. The number of benzene rings is 1. The molecule has 0 bridgehead atoms. The molecule has 108 valence electrons. The molecule has 6 heteroatoms. The lowest BCUT2D eigenvalue weighted by molar-refractivity contribution is -0.145. The van der Waals surface area contributed by atoms with Gasteiger partial charge in [-0.1, -0.05) is 12.1 Å². The van der Waals surface area contributed by atoms with E-state index in [9.17, 15) is 4.79 Å². The Kier molecular flexibility index (Phi) is 4.24. The van der Waals surface area contributed by atoms with E-state index < -0.39 is 0 Å². The number of nitrogen functional groups attached to an aromatic ring is 1. The fraction of sp³-hybridized carbons (Fsp3) is 0.267. The summed E-state index contributed by atoms with van der Waals surface area (Å²) in [6.07, 6.45) is 0. The predicted molar refractivity (Wildman–Crippen MR) is 77.1 cm³/mol. The van der Waals surface area contributed by atoms with Gasteiger partial charge in [-0.15, -0.1) is 0 Å². The Hall–Kier alpha value is -2.81. The van der Waals surface area contributed by atoms with Gasteiger partial charge < -0.3 is 10.5 Å². The Morgan fingerprint density at radius 2 is 2.05 bits per heavy atom. The highest BCUT2D eigenvalue weighted by Crippen LogP contribution is 2.14. The Balaban J connectivity index is 1.92. The third-order valence-corrected chi connectivity index (χ3v) is 3.20. The Morgan fingerprint density at radius 1 is 1.38 bits per heavy atom. The van der Waals surface area contributed by atoms with E-state index >= 15 is 0 Å². The number of rotatable bonds is 4. The molecule has 2 aromatic rings. The second-order valence-corrected chi connectivity index (χ2v) is 4.71. The van der Waals surface area contributed by atoms with Crippen molar-refractivity contribution in [1.29, 1.82) is 5.26 Å². The zero-order valence-corrected chi connectivity index (χ0v) is 12.0. The molecule has 0 spiro atoms. The maximum Gasteiger partial charge on any atom is 0.328 e. The third-order valence-electron chi connectivity index (χ3n) is 3.20. The Morgan fingerprint density at radius 3 is 2.57 bits per heavy atom. The number of nitriles is 1. The van der Waals surface area contributed by atoms with Gasteiger partial charge in [0.05, 0.1) is 28.7 Å². The van der Waals surface area contributed by atoms with Gasteiger partial charge in [0.1, 0.15) is 13.2 Å². The molecule has 6 nitrogen and oxygen atoms in total. The summed E-state index contributed by atoms with van der Waals surface area (Å²) in [4.78, 5) is 11.8. The van der Waals surface area contributed by atoms with E-state index in [1.54, 1.807) is 31.2 Å². The number of hydrogen-bond acceptors (Lipinski definition) is 5. The second-order valence-electron chi connectivity index (χ2n) is 4.71. The number of carbonyl (C=O) groups excluding carboxylic acids is 1. The minimum absolute atomic E-state index is 0.0279. The maximum atomic E-state index is 11.8. The second kappa shape index (κ2) is 6.09. The molecule has 0 unspecified atom stereocenters. The first-order chi connectivity index (χ1) is 10.0. The average Bonchev–Trinajstić information content (AvgIpc) is 2.73. The van der Waals surface area contributed by atoms with Gasteiger partial charge in [-0.05, 0) is 31.5 Å². The number of hydrogen-bond donors (Lipinski definition) is 1. The molecule has 0 saturated carbocycles. The van der Waals surface area contributed by atoms with Crippen molar-refractivity contribution < 1.29 is 9.53 Å². The SMILES string of the molecule is Cc1nn(CC(=O)OCc2ccc(C#N)cc2)c(C)c1N. The van der Waals surface area contributed by atoms with E-state index in [1.165, 1.54) is 4.68 Å². The van der Waals surface area contributed by atoms with Gasteiger partial charge in [-0.2, -0.15) is 10.4 Å². The summed E-state index contributed by atoms with van der Waals surface area (Å²) in [5.74, 6) is -0.384. The van der Waals surface area contributed by atoms with Gasteiger partial charge >= 0.3 is 5.97 Å². The fourth-order valence-electron chi connectivity index (χ4n) is 1.87. The molecule has 1 aromatic heterocycles. The smallest absolute Gasteiger partial charge is 0.328 e. The standard InChI is InChI=1S/C15H16N4O2/c1-10-15(17)11(2)19(18-10)8-14(20)21-9-13-5-3-12(7-16)4-6-13/h3-6H,8-9,17H2,1-2H3. The molecule has 0 fully saturated rings. The van der Waals surface area contributed by atoms with Crippen LogP contribution in [-0.2, 0) is 22.7 Å². The molecule has 0 aliphatic rings. The van der Waals surface area contributed by atoms with Crippen molar-refractivity contribution in [3.63, 3.8) is 0 Å². The van der Waals surface area contributed by atoms with Crippen LogP contribution in [0.2, 0.25) is 0 Å². The molecule has 2 N–H and O–H groups in total. The van der Waals surface area contributed by atoms with E-state index in [0.717, 1.165) is 11.3 Å². The first kappa shape index (κ1) is 14.6. The molecular weight excluding hydrogens is 268 g/mol. The molecule has 0 saturated heterocycles. The van der Waals surface area contributed by atoms with Crippen LogP contribution in [0, 0.1) is 25.2 Å². The fourth-order valence-corrected chi connectivity index (χ4v) is 1.87. The number of ether oxygens (including phenoxy) is 1. The topological polar surface area (TPSA) is 93.9 Å². The van der Waals surface area contributed by atoms with Gasteiger partial charge in [0.25, 0.3) is 0 Å². The number of aryl methyl sites for hydroxylation is 1. The van der Waals surface area contributed by atoms with E-state index in [4.69, 9.17) is 15.7 Å². The van der Waals surface area contributed by atoms with Crippen LogP contribution in [0.4, 0.5) is 5.69 Å². The summed E-state index contributed by atoms with van der Waals surface area (Å²) in [5, 5.41) is 12.9. The highest BCUT2D eigenvalue weighted by atomic mass is 16.5. The van der Waals surface area contributed by atoms with E-state index in [0.29, 0.717) is 16.9 Å². The molecule has 0 aliphatic heterocycles. The van der Waals surface area contributed by atoms with E-state index in [-0.39, 0.29) is 19.1 Å². The van der Waals surface area contributed by atoms with Crippen molar-refractivity contribution in [3.05, 3.63) is 46.8 Å².